The summed E-state index contributed by atoms with van der Waals surface area (Å²) in [4.78, 5) is 12.4. The molecule has 28 heavy (non-hydrogen) atoms. The fourth-order valence-corrected chi connectivity index (χ4v) is 4.73. The lowest BCUT2D eigenvalue weighted by atomic mass is 9.99. The Morgan fingerprint density at radius 1 is 0.964 bits per heavy atom. The van der Waals surface area contributed by atoms with E-state index < -0.39 is 21.9 Å². The van der Waals surface area contributed by atoms with Crippen LogP contribution in [0.25, 0.3) is 6.08 Å². The molecule has 7 heteroatoms. The number of benzene rings is 2. The second-order valence-electron chi connectivity index (χ2n) is 7.19. The smallest absolute Gasteiger partial charge is 0.307 e. The molecule has 0 spiro atoms. The highest BCUT2D eigenvalue weighted by Gasteiger charge is 2.25. The molecule has 2 aromatic carbocycles. The number of anilines is 1. The van der Waals surface area contributed by atoms with Crippen molar-refractivity contribution in [3.05, 3.63) is 69.4 Å². The van der Waals surface area contributed by atoms with Crippen LogP contribution < -0.4 is 10.0 Å². The lowest BCUT2D eigenvalue weighted by molar-refractivity contribution is 0.256. The van der Waals surface area contributed by atoms with Gasteiger partial charge < -0.3 is 5.32 Å². The molecule has 146 valence electrons. The zero-order chi connectivity index (χ0) is 19.7. The number of nitrogens with one attached hydrogen (secondary N) is 2. The summed E-state index contributed by atoms with van der Waals surface area (Å²) >= 11 is 0. The number of rotatable bonds is 4. The van der Waals surface area contributed by atoms with E-state index in [0.29, 0.717) is 5.56 Å². The van der Waals surface area contributed by atoms with E-state index in [4.69, 9.17) is 0 Å². The number of amides is 2. The molecule has 2 amide bonds. The number of fused-ring (bicyclic) bond motifs is 2. The molecule has 4 rings (SSSR count). The molecule has 0 fully saturated rings. The summed E-state index contributed by atoms with van der Waals surface area (Å²) in [5.74, 6) is -0.402. The quantitative estimate of drug-likeness (QED) is 0.817. The standard InChI is InChI=1S/C21H21FN2O3S/c22-17-9-7-14(8-10-17)11-12-28(26,27)24-21(25)23-20-18-5-1-3-15(18)13-16-4-2-6-19(16)20/h7-13H,1-6H2,(H2,23,24,25)/b12-11+. The Kier molecular flexibility index (Phi) is 4.93. The number of halogens is 1. The van der Waals surface area contributed by atoms with E-state index in [-0.39, 0.29) is 0 Å². The zero-order valence-electron chi connectivity index (χ0n) is 15.3. The highest BCUT2D eigenvalue weighted by atomic mass is 32.2. The Labute approximate surface area is 163 Å². The van der Waals surface area contributed by atoms with Crippen LogP contribution in [0.1, 0.15) is 40.7 Å². The summed E-state index contributed by atoms with van der Waals surface area (Å²) in [5, 5.41) is 3.69. The van der Waals surface area contributed by atoms with Crippen LogP contribution in [-0.4, -0.2) is 14.4 Å². The van der Waals surface area contributed by atoms with E-state index in [0.717, 1.165) is 60.7 Å². The van der Waals surface area contributed by atoms with Gasteiger partial charge in [-0.1, -0.05) is 18.2 Å². The van der Waals surface area contributed by atoms with Gasteiger partial charge >= 0.3 is 6.03 Å². The normalized spacial score (nSPS) is 15.5. The van der Waals surface area contributed by atoms with Crippen LogP contribution in [0.4, 0.5) is 14.9 Å². The highest BCUT2D eigenvalue weighted by Crippen LogP contribution is 2.38. The summed E-state index contributed by atoms with van der Waals surface area (Å²) in [6.07, 6.45) is 7.20. The fourth-order valence-electron chi connectivity index (χ4n) is 4.01. The number of aryl methyl sites for hydroxylation is 2. The lowest BCUT2D eigenvalue weighted by Crippen LogP contribution is -2.33. The first kappa shape index (κ1) is 18.7. The summed E-state index contributed by atoms with van der Waals surface area (Å²) in [6, 6.07) is 6.87. The second kappa shape index (κ2) is 7.39. The van der Waals surface area contributed by atoms with Crippen LogP contribution in [-0.2, 0) is 35.7 Å². The van der Waals surface area contributed by atoms with Gasteiger partial charge in [-0.2, -0.15) is 0 Å². The molecule has 2 aromatic rings. The molecule has 2 aliphatic rings. The molecule has 0 heterocycles. The van der Waals surface area contributed by atoms with Crippen molar-refractivity contribution in [2.75, 3.05) is 5.32 Å². The highest BCUT2D eigenvalue weighted by molar-refractivity contribution is 7.93. The van der Waals surface area contributed by atoms with Gasteiger partial charge in [0.1, 0.15) is 5.82 Å². The average molecular weight is 400 g/mol. The zero-order valence-corrected chi connectivity index (χ0v) is 16.1. The lowest BCUT2D eigenvalue weighted by Gasteiger charge is -2.16. The minimum Gasteiger partial charge on any atom is -0.307 e. The number of urea groups is 1. The molecule has 0 unspecified atom stereocenters. The Hall–Kier alpha value is -2.67. The van der Waals surface area contributed by atoms with Crippen LogP contribution in [0.2, 0.25) is 0 Å². The Bertz CT molecular complexity index is 1030. The molecule has 5 nitrogen and oxygen atoms in total. The van der Waals surface area contributed by atoms with Crippen molar-refractivity contribution in [1.82, 2.24) is 4.72 Å². The first-order valence-corrected chi connectivity index (χ1v) is 10.9. The van der Waals surface area contributed by atoms with Gasteiger partial charge in [0, 0.05) is 5.69 Å². The van der Waals surface area contributed by atoms with Gasteiger partial charge in [0.2, 0.25) is 0 Å². The summed E-state index contributed by atoms with van der Waals surface area (Å²) in [5.41, 5.74) is 6.10. The SMILES string of the molecule is O=C(Nc1c2c(cc3c1CCC3)CCC2)NS(=O)(=O)/C=C/c1ccc(F)cc1. The number of hydrogen-bond acceptors (Lipinski definition) is 3. The molecule has 2 aliphatic carbocycles. The molecular weight excluding hydrogens is 379 g/mol. The Balaban J connectivity index is 1.50. The summed E-state index contributed by atoms with van der Waals surface area (Å²) in [7, 11) is -3.97. The van der Waals surface area contributed by atoms with Crippen LogP contribution >= 0.6 is 0 Å². The third kappa shape index (κ3) is 3.94. The molecule has 0 atom stereocenters. The van der Waals surface area contributed by atoms with Crippen molar-refractivity contribution in [1.29, 1.82) is 0 Å². The number of sulfonamides is 1. The largest absolute Gasteiger partial charge is 0.333 e. The van der Waals surface area contributed by atoms with E-state index in [2.05, 4.69) is 11.4 Å². The molecule has 0 saturated carbocycles. The number of hydrogen-bond donors (Lipinski definition) is 2. The van der Waals surface area contributed by atoms with Gasteiger partial charge in [-0.3, -0.25) is 0 Å². The van der Waals surface area contributed by atoms with E-state index in [1.807, 2.05) is 4.72 Å². The predicted molar refractivity (Wildman–Crippen MR) is 107 cm³/mol. The minimum absolute atomic E-state index is 0.402. The van der Waals surface area contributed by atoms with Crippen molar-refractivity contribution < 1.29 is 17.6 Å². The third-order valence-electron chi connectivity index (χ3n) is 5.26. The van der Waals surface area contributed by atoms with Crippen molar-refractivity contribution in [3.63, 3.8) is 0 Å². The molecule has 0 aliphatic heterocycles. The minimum atomic E-state index is -3.97. The molecule has 0 saturated heterocycles. The van der Waals surface area contributed by atoms with Gasteiger partial charge in [-0.25, -0.2) is 22.3 Å². The molecular formula is C21H21FN2O3S. The predicted octanol–water partition coefficient (Wildman–Crippen LogP) is 3.93. The van der Waals surface area contributed by atoms with Crippen LogP contribution in [0, 0.1) is 5.82 Å². The van der Waals surface area contributed by atoms with Gasteiger partial charge in [-0.15, -0.1) is 0 Å². The van der Waals surface area contributed by atoms with Gasteiger partial charge in [0.05, 0.1) is 5.41 Å². The topological polar surface area (TPSA) is 75.3 Å². The number of carbonyl (C=O) groups excluding carboxylic acids is 1. The maximum Gasteiger partial charge on any atom is 0.333 e. The first-order chi connectivity index (χ1) is 13.4. The molecule has 0 radical (unpaired) electrons. The van der Waals surface area contributed by atoms with E-state index >= 15 is 0 Å². The van der Waals surface area contributed by atoms with E-state index in [1.165, 1.54) is 41.5 Å². The second-order valence-corrected chi connectivity index (χ2v) is 8.76. The summed E-state index contributed by atoms with van der Waals surface area (Å²) < 4.78 is 39.4. The van der Waals surface area contributed by atoms with Crippen LogP contribution in [0.5, 0.6) is 0 Å². The maximum atomic E-state index is 12.9. The van der Waals surface area contributed by atoms with Crippen molar-refractivity contribution in [3.8, 4) is 0 Å². The van der Waals surface area contributed by atoms with Crippen LogP contribution in [0.15, 0.2) is 35.7 Å². The summed E-state index contributed by atoms with van der Waals surface area (Å²) in [6.45, 7) is 0. The average Bonchev–Trinajstić information content (AvgIpc) is 3.29. The monoisotopic (exact) mass is 400 g/mol. The third-order valence-corrected chi connectivity index (χ3v) is 6.22. The van der Waals surface area contributed by atoms with Gasteiger partial charge in [0.25, 0.3) is 10.0 Å². The van der Waals surface area contributed by atoms with Gasteiger partial charge in [-0.05, 0) is 84.6 Å². The Morgan fingerprint density at radius 3 is 2.18 bits per heavy atom. The molecule has 0 aromatic heterocycles. The van der Waals surface area contributed by atoms with E-state index in [1.54, 1.807) is 0 Å². The fraction of sp³-hybridized carbons (Fsp3) is 0.286. The molecule has 0 bridgehead atoms. The van der Waals surface area contributed by atoms with Crippen LogP contribution in [0.3, 0.4) is 0 Å². The van der Waals surface area contributed by atoms with Crippen molar-refractivity contribution in [2.45, 2.75) is 38.5 Å². The Morgan fingerprint density at radius 2 is 1.57 bits per heavy atom. The maximum absolute atomic E-state index is 12.9. The first-order valence-electron chi connectivity index (χ1n) is 9.35. The number of carbonyl (C=O) groups is 1. The molecule has 2 N–H and O–H groups in total. The van der Waals surface area contributed by atoms with Crippen molar-refractivity contribution >= 4 is 27.8 Å². The van der Waals surface area contributed by atoms with Crippen molar-refractivity contribution in [2.24, 2.45) is 0 Å². The van der Waals surface area contributed by atoms with E-state index in [9.17, 15) is 17.6 Å². The van der Waals surface area contributed by atoms with Gasteiger partial charge in [0.15, 0.2) is 0 Å².